The van der Waals surface area contributed by atoms with Crippen molar-refractivity contribution < 1.29 is 9.90 Å². The van der Waals surface area contributed by atoms with Crippen molar-refractivity contribution >= 4 is 11.9 Å². The molecule has 0 heterocycles. The molecule has 0 unspecified atom stereocenters. The summed E-state index contributed by atoms with van der Waals surface area (Å²) >= 11 is 0. The van der Waals surface area contributed by atoms with Crippen LogP contribution in [0.2, 0.25) is 0 Å². The van der Waals surface area contributed by atoms with Crippen molar-refractivity contribution in [3.05, 3.63) is 52.8 Å². The lowest BCUT2D eigenvalue weighted by Crippen LogP contribution is -2.11. The molecule has 0 atom stereocenters. The third kappa shape index (κ3) is 2.06. The number of carbonyl (C=O) groups excluding carboxylic acids is 1. The maximum absolute atomic E-state index is 11.4. The van der Waals surface area contributed by atoms with E-state index in [0.29, 0.717) is 18.4 Å². The number of rotatable bonds is 1. The molecule has 0 radical (unpaired) electrons. The van der Waals surface area contributed by atoms with E-state index in [9.17, 15) is 9.90 Å². The van der Waals surface area contributed by atoms with Crippen LogP contribution in [-0.4, -0.2) is 10.9 Å². The Morgan fingerprint density at radius 3 is 2.56 bits per heavy atom. The Labute approximate surface area is 94.9 Å². The molecule has 82 valence electrons. The van der Waals surface area contributed by atoms with Gasteiger partial charge in [0.25, 0.3) is 0 Å². The van der Waals surface area contributed by atoms with Gasteiger partial charge in [-0.1, -0.05) is 30.3 Å². The van der Waals surface area contributed by atoms with Gasteiger partial charge in [0.05, 0.1) is 0 Å². The maximum Gasteiger partial charge on any atom is 0.162 e. The van der Waals surface area contributed by atoms with E-state index in [-0.39, 0.29) is 11.5 Å². The zero-order valence-electron chi connectivity index (χ0n) is 9.23. The number of aliphatic hydroxyl groups excluding tert-OH is 1. The van der Waals surface area contributed by atoms with Crippen LogP contribution in [-0.2, 0) is 4.79 Å². The summed E-state index contributed by atoms with van der Waals surface area (Å²) in [6.45, 7) is 1.68. The van der Waals surface area contributed by atoms with E-state index < -0.39 is 0 Å². The van der Waals surface area contributed by atoms with Crippen molar-refractivity contribution in [2.24, 2.45) is 0 Å². The van der Waals surface area contributed by atoms with Gasteiger partial charge in [0.15, 0.2) is 5.78 Å². The van der Waals surface area contributed by atoms with Crippen LogP contribution in [0.4, 0.5) is 0 Å². The summed E-state index contributed by atoms with van der Waals surface area (Å²) in [6, 6.07) is 9.81. The van der Waals surface area contributed by atoms with E-state index in [1.54, 1.807) is 6.92 Å². The molecule has 0 saturated heterocycles. The highest BCUT2D eigenvalue weighted by molar-refractivity contribution is 5.97. The Morgan fingerprint density at radius 2 is 1.88 bits per heavy atom. The molecular weight excluding hydrogens is 200 g/mol. The van der Waals surface area contributed by atoms with E-state index in [2.05, 4.69) is 0 Å². The van der Waals surface area contributed by atoms with Gasteiger partial charge in [0, 0.05) is 12.0 Å². The Kier molecular flexibility index (Phi) is 2.91. The quantitative estimate of drug-likeness (QED) is 0.779. The zero-order valence-corrected chi connectivity index (χ0v) is 9.23. The average molecular weight is 214 g/mol. The number of aliphatic hydroxyl groups is 1. The van der Waals surface area contributed by atoms with Crippen LogP contribution < -0.4 is 0 Å². The van der Waals surface area contributed by atoms with Crippen LogP contribution in [0.1, 0.15) is 25.3 Å². The first-order chi connectivity index (χ1) is 7.68. The molecule has 0 bridgehead atoms. The predicted molar refractivity (Wildman–Crippen MR) is 64.0 cm³/mol. The van der Waals surface area contributed by atoms with Gasteiger partial charge in [-0.15, -0.1) is 0 Å². The lowest BCUT2D eigenvalue weighted by Gasteiger charge is -2.15. The summed E-state index contributed by atoms with van der Waals surface area (Å²) in [5.74, 6) is 0.197. The third-order valence-electron chi connectivity index (χ3n) is 2.84. The fraction of sp³-hybridized carbons (Fsp3) is 0.214. The monoisotopic (exact) mass is 214 g/mol. The molecule has 1 aliphatic carbocycles. The second-order valence-electron chi connectivity index (χ2n) is 3.98. The van der Waals surface area contributed by atoms with Crippen LogP contribution >= 0.6 is 0 Å². The number of hydrogen-bond acceptors (Lipinski definition) is 2. The van der Waals surface area contributed by atoms with Crippen LogP contribution in [0.3, 0.4) is 0 Å². The number of hydrogen-bond donors (Lipinski definition) is 1. The van der Waals surface area contributed by atoms with Crippen LogP contribution in [0.15, 0.2) is 47.2 Å². The first kappa shape index (κ1) is 10.7. The highest BCUT2D eigenvalue weighted by Crippen LogP contribution is 2.26. The van der Waals surface area contributed by atoms with Crippen molar-refractivity contribution in [2.75, 3.05) is 0 Å². The van der Waals surface area contributed by atoms with Crippen molar-refractivity contribution in [2.45, 2.75) is 19.8 Å². The molecule has 2 nitrogen and oxygen atoms in total. The lowest BCUT2D eigenvalue weighted by atomic mass is 9.92. The molecule has 1 aliphatic rings. The summed E-state index contributed by atoms with van der Waals surface area (Å²) in [6.07, 6.45) is 3.05. The summed E-state index contributed by atoms with van der Waals surface area (Å²) in [4.78, 5) is 11.4. The largest absolute Gasteiger partial charge is 0.507 e. The minimum absolute atomic E-state index is 0.0442. The van der Waals surface area contributed by atoms with Gasteiger partial charge in [-0.05, 0) is 30.6 Å². The Bertz CT molecular complexity index is 467. The molecule has 1 N–H and O–H groups in total. The third-order valence-corrected chi connectivity index (χ3v) is 2.84. The van der Waals surface area contributed by atoms with Gasteiger partial charge in [-0.3, -0.25) is 4.79 Å². The fourth-order valence-electron chi connectivity index (χ4n) is 1.82. The minimum Gasteiger partial charge on any atom is -0.507 e. The van der Waals surface area contributed by atoms with Crippen molar-refractivity contribution in [1.82, 2.24) is 0 Å². The van der Waals surface area contributed by atoms with Crippen LogP contribution in [0, 0.1) is 0 Å². The fourth-order valence-corrected chi connectivity index (χ4v) is 1.82. The SMILES string of the molecule is CC1=C(O)/C(=C/c2ccccc2)CCC1=O. The number of allylic oxidation sites excluding steroid dienone is 2. The van der Waals surface area contributed by atoms with Gasteiger partial charge in [-0.2, -0.15) is 0 Å². The predicted octanol–water partition coefficient (Wildman–Crippen LogP) is 3.26. The van der Waals surface area contributed by atoms with Crippen LogP contribution in [0.25, 0.3) is 6.08 Å². The molecule has 2 heteroatoms. The van der Waals surface area contributed by atoms with Crippen LogP contribution in [0.5, 0.6) is 0 Å². The van der Waals surface area contributed by atoms with Gasteiger partial charge in [0.1, 0.15) is 5.76 Å². The van der Waals surface area contributed by atoms with Gasteiger partial charge in [0.2, 0.25) is 0 Å². The Balaban J connectivity index is 2.36. The molecular formula is C14H14O2. The zero-order chi connectivity index (χ0) is 11.5. The molecule has 16 heavy (non-hydrogen) atoms. The Morgan fingerprint density at radius 1 is 1.19 bits per heavy atom. The minimum atomic E-state index is 0.0442. The average Bonchev–Trinajstić information content (AvgIpc) is 2.31. The van der Waals surface area contributed by atoms with E-state index >= 15 is 0 Å². The number of benzene rings is 1. The maximum atomic E-state index is 11.4. The molecule has 0 amide bonds. The molecule has 0 saturated carbocycles. The summed E-state index contributed by atoms with van der Waals surface area (Å²) in [5, 5.41) is 9.86. The number of ketones is 1. The molecule has 0 spiro atoms. The van der Waals surface area contributed by atoms with Gasteiger partial charge in [-0.25, -0.2) is 0 Å². The van der Waals surface area contributed by atoms with E-state index in [1.165, 1.54) is 0 Å². The molecule has 0 fully saturated rings. The molecule has 2 rings (SSSR count). The van der Waals surface area contributed by atoms with Gasteiger partial charge >= 0.3 is 0 Å². The summed E-state index contributed by atoms with van der Waals surface area (Å²) in [7, 11) is 0. The standard InChI is InChI=1S/C14H14O2/c1-10-13(15)8-7-12(14(10)16)9-11-5-3-2-4-6-11/h2-6,9,16H,7-8H2,1H3/b12-9+. The van der Waals surface area contributed by atoms with Crippen molar-refractivity contribution in [1.29, 1.82) is 0 Å². The first-order valence-electron chi connectivity index (χ1n) is 5.37. The van der Waals surface area contributed by atoms with Crippen molar-refractivity contribution in [3.8, 4) is 0 Å². The smallest absolute Gasteiger partial charge is 0.162 e. The van der Waals surface area contributed by atoms with Crippen molar-refractivity contribution in [3.63, 3.8) is 0 Å². The van der Waals surface area contributed by atoms with Gasteiger partial charge < -0.3 is 5.11 Å². The van der Waals surface area contributed by atoms with E-state index in [4.69, 9.17) is 0 Å². The lowest BCUT2D eigenvalue weighted by molar-refractivity contribution is -0.115. The van der Waals surface area contributed by atoms with E-state index in [0.717, 1.165) is 11.1 Å². The summed E-state index contributed by atoms with van der Waals surface area (Å²) in [5.41, 5.74) is 2.38. The number of carbonyl (C=O) groups is 1. The normalized spacial score (nSPS) is 19.3. The number of Topliss-reactive ketones (excluding diaryl/α,β-unsaturated/α-hetero) is 1. The second kappa shape index (κ2) is 4.35. The summed E-state index contributed by atoms with van der Waals surface area (Å²) < 4.78 is 0. The first-order valence-corrected chi connectivity index (χ1v) is 5.37. The molecule has 0 aromatic heterocycles. The second-order valence-corrected chi connectivity index (χ2v) is 3.98. The molecule has 1 aromatic carbocycles. The van der Waals surface area contributed by atoms with E-state index in [1.807, 2.05) is 36.4 Å². The molecule has 1 aromatic rings. The highest BCUT2D eigenvalue weighted by atomic mass is 16.3. The highest BCUT2D eigenvalue weighted by Gasteiger charge is 2.20. The topological polar surface area (TPSA) is 37.3 Å². The Hall–Kier alpha value is -1.83. The molecule has 0 aliphatic heterocycles.